The molecule has 0 aromatic rings. The standard InChI is InChI=1S/C19H39N3/c1-16(2)18-7-9-22(10-8-18)19(5,6)15-20-11-13-21(14-12-20)17(3)4/h16-18H,7-15H2,1-6H3. The van der Waals surface area contributed by atoms with Gasteiger partial charge in [-0.3, -0.25) is 14.7 Å². The summed E-state index contributed by atoms with van der Waals surface area (Å²) < 4.78 is 0. The smallest absolute Gasteiger partial charge is 0.0280 e. The van der Waals surface area contributed by atoms with Crippen molar-refractivity contribution in [3.05, 3.63) is 0 Å². The lowest BCUT2D eigenvalue weighted by Gasteiger charge is -2.47. The van der Waals surface area contributed by atoms with E-state index < -0.39 is 0 Å². The Morgan fingerprint density at radius 2 is 1.41 bits per heavy atom. The molecule has 0 bridgehead atoms. The van der Waals surface area contributed by atoms with Crippen LogP contribution in [0.5, 0.6) is 0 Å². The summed E-state index contributed by atoms with van der Waals surface area (Å²) in [5.41, 5.74) is 0.321. The number of piperazine rings is 1. The Balaban J connectivity index is 1.79. The van der Waals surface area contributed by atoms with Crippen molar-refractivity contribution in [2.24, 2.45) is 11.8 Å². The number of rotatable bonds is 5. The van der Waals surface area contributed by atoms with Crippen LogP contribution in [0.15, 0.2) is 0 Å². The summed E-state index contributed by atoms with van der Waals surface area (Å²) in [6.45, 7) is 23.1. The molecule has 0 N–H and O–H groups in total. The van der Waals surface area contributed by atoms with E-state index in [1.54, 1.807) is 0 Å². The largest absolute Gasteiger partial charge is 0.299 e. The molecule has 2 saturated heterocycles. The molecular weight excluding hydrogens is 270 g/mol. The highest BCUT2D eigenvalue weighted by Crippen LogP contribution is 2.29. The molecule has 3 nitrogen and oxygen atoms in total. The number of hydrogen-bond acceptors (Lipinski definition) is 3. The summed E-state index contributed by atoms with van der Waals surface area (Å²) in [5, 5.41) is 0. The lowest BCUT2D eigenvalue weighted by atomic mass is 9.85. The van der Waals surface area contributed by atoms with Gasteiger partial charge in [-0.25, -0.2) is 0 Å². The Labute approximate surface area is 139 Å². The van der Waals surface area contributed by atoms with Crippen LogP contribution in [0.3, 0.4) is 0 Å². The summed E-state index contributed by atoms with van der Waals surface area (Å²) in [5.74, 6) is 1.80. The van der Waals surface area contributed by atoms with E-state index in [1.807, 2.05) is 0 Å². The third-order valence-corrected chi connectivity index (χ3v) is 6.09. The molecule has 3 heteroatoms. The van der Waals surface area contributed by atoms with Crippen LogP contribution in [0.2, 0.25) is 0 Å². The SMILES string of the molecule is CC(C)C1CCN(C(C)(C)CN2CCN(C(C)C)CC2)CC1. The molecule has 0 aromatic heterocycles. The van der Waals surface area contributed by atoms with Crippen molar-refractivity contribution in [3.63, 3.8) is 0 Å². The first-order chi connectivity index (χ1) is 10.3. The first kappa shape index (κ1) is 18.2. The quantitative estimate of drug-likeness (QED) is 0.772. The van der Waals surface area contributed by atoms with Crippen LogP contribution < -0.4 is 0 Å². The normalized spacial score (nSPS) is 24.5. The van der Waals surface area contributed by atoms with Crippen LogP contribution in [-0.4, -0.2) is 72.1 Å². The average molecular weight is 310 g/mol. The molecule has 2 aliphatic rings. The van der Waals surface area contributed by atoms with Crippen LogP contribution in [0.4, 0.5) is 0 Å². The molecule has 2 heterocycles. The molecule has 0 saturated carbocycles. The van der Waals surface area contributed by atoms with Gasteiger partial charge in [0.05, 0.1) is 0 Å². The first-order valence-corrected chi connectivity index (χ1v) is 9.51. The number of likely N-dealkylation sites (tertiary alicyclic amines) is 1. The van der Waals surface area contributed by atoms with Gasteiger partial charge in [0.1, 0.15) is 0 Å². The van der Waals surface area contributed by atoms with E-state index in [2.05, 4.69) is 56.2 Å². The van der Waals surface area contributed by atoms with Crippen molar-refractivity contribution in [2.75, 3.05) is 45.8 Å². The van der Waals surface area contributed by atoms with E-state index in [9.17, 15) is 0 Å². The molecule has 0 radical (unpaired) electrons. The molecule has 0 aromatic carbocycles. The van der Waals surface area contributed by atoms with E-state index in [0.717, 1.165) is 11.8 Å². The second-order valence-corrected chi connectivity index (χ2v) is 8.79. The van der Waals surface area contributed by atoms with Crippen molar-refractivity contribution >= 4 is 0 Å². The molecular formula is C19H39N3. The summed E-state index contributed by atoms with van der Waals surface area (Å²) in [7, 11) is 0. The Kier molecular flexibility index (Phi) is 6.32. The van der Waals surface area contributed by atoms with Gasteiger partial charge in [0.2, 0.25) is 0 Å². The van der Waals surface area contributed by atoms with E-state index >= 15 is 0 Å². The zero-order valence-corrected chi connectivity index (χ0v) is 15.9. The van der Waals surface area contributed by atoms with Gasteiger partial charge in [-0.05, 0) is 65.5 Å². The molecule has 0 aliphatic carbocycles. The van der Waals surface area contributed by atoms with Gasteiger partial charge in [-0.1, -0.05) is 13.8 Å². The highest BCUT2D eigenvalue weighted by Gasteiger charge is 2.33. The first-order valence-electron chi connectivity index (χ1n) is 9.51. The van der Waals surface area contributed by atoms with Gasteiger partial charge in [0, 0.05) is 44.3 Å². The second kappa shape index (κ2) is 7.63. The number of piperidine rings is 1. The number of hydrogen-bond donors (Lipinski definition) is 0. The predicted molar refractivity (Wildman–Crippen MR) is 96.4 cm³/mol. The highest BCUT2D eigenvalue weighted by molar-refractivity contribution is 4.90. The maximum Gasteiger partial charge on any atom is 0.0280 e. The van der Waals surface area contributed by atoms with Crippen molar-refractivity contribution in [1.82, 2.24) is 14.7 Å². The number of nitrogens with zero attached hydrogens (tertiary/aromatic N) is 3. The zero-order valence-electron chi connectivity index (χ0n) is 15.9. The Morgan fingerprint density at radius 3 is 1.86 bits per heavy atom. The molecule has 2 fully saturated rings. The molecule has 0 amide bonds. The van der Waals surface area contributed by atoms with Crippen molar-refractivity contribution in [2.45, 2.75) is 66.0 Å². The van der Waals surface area contributed by atoms with Crippen LogP contribution in [0.1, 0.15) is 54.4 Å². The van der Waals surface area contributed by atoms with E-state index in [1.165, 1.54) is 58.7 Å². The molecule has 0 atom stereocenters. The fraction of sp³-hybridized carbons (Fsp3) is 1.00. The predicted octanol–water partition coefficient (Wildman–Crippen LogP) is 3.16. The van der Waals surface area contributed by atoms with Gasteiger partial charge >= 0.3 is 0 Å². The van der Waals surface area contributed by atoms with E-state index in [4.69, 9.17) is 0 Å². The van der Waals surface area contributed by atoms with Gasteiger partial charge in [-0.2, -0.15) is 0 Å². The lowest BCUT2D eigenvalue weighted by Crippen LogP contribution is -2.58. The van der Waals surface area contributed by atoms with Crippen molar-refractivity contribution in [3.8, 4) is 0 Å². The maximum absolute atomic E-state index is 2.75. The molecule has 0 unspecified atom stereocenters. The average Bonchev–Trinajstić information content (AvgIpc) is 2.47. The zero-order chi connectivity index (χ0) is 16.3. The summed E-state index contributed by atoms with van der Waals surface area (Å²) in [4.78, 5) is 8.05. The minimum Gasteiger partial charge on any atom is -0.299 e. The van der Waals surface area contributed by atoms with Crippen molar-refractivity contribution < 1.29 is 0 Å². The molecule has 22 heavy (non-hydrogen) atoms. The topological polar surface area (TPSA) is 9.72 Å². The molecule has 2 rings (SSSR count). The fourth-order valence-electron chi connectivity index (χ4n) is 4.26. The lowest BCUT2D eigenvalue weighted by molar-refractivity contribution is 0.0187. The van der Waals surface area contributed by atoms with Crippen LogP contribution >= 0.6 is 0 Å². The van der Waals surface area contributed by atoms with Crippen LogP contribution in [0, 0.1) is 11.8 Å². The fourth-order valence-corrected chi connectivity index (χ4v) is 4.26. The van der Waals surface area contributed by atoms with Crippen molar-refractivity contribution in [1.29, 1.82) is 0 Å². The van der Waals surface area contributed by atoms with Crippen LogP contribution in [0.25, 0.3) is 0 Å². The van der Waals surface area contributed by atoms with E-state index in [-0.39, 0.29) is 0 Å². The Morgan fingerprint density at radius 1 is 0.864 bits per heavy atom. The van der Waals surface area contributed by atoms with Gasteiger partial charge in [-0.15, -0.1) is 0 Å². The van der Waals surface area contributed by atoms with E-state index in [0.29, 0.717) is 11.6 Å². The minimum atomic E-state index is 0.321. The molecule has 130 valence electrons. The van der Waals surface area contributed by atoms with Gasteiger partial charge in [0.15, 0.2) is 0 Å². The Hall–Kier alpha value is -0.120. The third kappa shape index (κ3) is 4.69. The van der Waals surface area contributed by atoms with Gasteiger partial charge in [0.25, 0.3) is 0 Å². The summed E-state index contributed by atoms with van der Waals surface area (Å²) >= 11 is 0. The second-order valence-electron chi connectivity index (χ2n) is 8.79. The third-order valence-electron chi connectivity index (χ3n) is 6.09. The maximum atomic E-state index is 2.75. The summed E-state index contributed by atoms with van der Waals surface area (Å²) in [6.07, 6.45) is 2.78. The molecule has 0 spiro atoms. The summed E-state index contributed by atoms with van der Waals surface area (Å²) in [6, 6.07) is 0.699. The molecule has 2 aliphatic heterocycles. The Bertz CT molecular complexity index is 322. The van der Waals surface area contributed by atoms with Crippen LogP contribution in [-0.2, 0) is 0 Å². The highest BCUT2D eigenvalue weighted by atomic mass is 15.3. The minimum absolute atomic E-state index is 0.321. The van der Waals surface area contributed by atoms with Gasteiger partial charge < -0.3 is 0 Å². The monoisotopic (exact) mass is 309 g/mol.